The predicted octanol–water partition coefficient (Wildman–Crippen LogP) is 2.35. The van der Waals surface area contributed by atoms with Crippen LogP contribution in [-0.4, -0.2) is 45.9 Å². The lowest BCUT2D eigenvalue weighted by Gasteiger charge is -2.28. The van der Waals surface area contributed by atoms with E-state index < -0.39 is 23.7 Å². The van der Waals surface area contributed by atoms with Crippen molar-refractivity contribution in [3.05, 3.63) is 11.3 Å². The number of hydrogen-bond donors (Lipinski definition) is 2. The molecule has 23 heavy (non-hydrogen) atoms. The molecule has 0 aromatic carbocycles. The fourth-order valence-corrected chi connectivity index (χ4v) is 2.35. The molecule has 0 radical (unpaired) electrons. The summed E-state index contributed by atoms with van der Waals surface area (Å²) in [6, 6.07) is -1.14. The highest BCUT2D eigenvalue weighted by Crippen LogP contribution is 2.35. The normalized spacial score (nSPS) is 21.4. The maximum Gasteiger partial charge on any atom is 0.334 e. The Morgan fingerprint density at radius 3 is 2.35 bits per heavy atom. The number of esters is 1. The van der Waals surface area contributed by atoms with Gasteiger partial charge in [-0.2, -0.15) is 0 Å². The lowest BCUT2D eigenvalue weighted by atomic mass is 9.77. The first kappa shape index (κ1) is 19.4. The van der Waals surface area contributed by atoms with Crippen molar-refractivity contribution in [1.29, 1.82) is 0 Å². The van der Waals surface area contributed by atoms with Gasteiger partial charge in [0.05, 0.1) is 11.7 Å². The smallest absolute Gasteiger partial charge is 0.334 e. The van der Waals surface area contributed by atoms with Gasteiger partial charge in [-0.3, -0.25) is 9.79 Å². The largest absolute Gasteiger partial charge is 0.511 e. The van der Waals surface area contributed by atoms with Crippen molar-refractivity contribution in [1.82, 2.24) is 0 Å². The molecule has 0 amide bonds. The second kappa shape index (κ2) is 6.83. The van der Waals surface area contributed by atoms with Gasteiger partial charge in [-0.15, -0.1) is 0 Å². The predicted molar refractivity (Wildman–Crippen MR) is 87.5 cm³/mol. The van der Waals surface area contributed by atoms with Gasteiger partial charge in [0.1, 0.15) is 11.4 Å². The molecule has 0 unspecified atom stereocenters. The van der Waals surface area contributed by atoms with E-state index in [0.717, 1.165) is 0 Å². The monoisotopic (exact) mass is 325 g/mol. The number of rotatable bonds is 4. The molecule has 2 N–H and O–H groups in total. The standard InChI is InChI=1S/C17H27NO5/c1-10(19)14(15(22)23-16(2,3)4)18-9-11-12(20)7-17(5,6)8-13(11)21/h9-10,14,19-20H,7-8H2,1-6H3/t10-,14+/m1/s1. The first-order valence-corrected chi connectivity index (χ1v) is 7.72. The first-order chi connectivity index (χ1) is 10.3. The third-order valence-electron chi connectivity index (χ3n) is 3.37. The average Bonchev–Trinajstić information content (AvgIpc) is 2.28. The highest BCUT2D eigenvalue weighted by molar-refractivity contribution is 6.14. The molecule has 2 atom stereocenters. The van der Waals surface area contributed by atoms with Crippen LogP contribution in [0.1, 0.15) is 54.4 Å². The van der Waals surface area contributed by atoms with Crippen molar-refractivity contribution in [2.45, 2.75) is 72.1 Å². The molecule has 0 fully saturated rings. The molecule has 1 rings (SSSR count). The summed E-state index contributed by atoms with van der Waals surface area (Å²) in [5, 5.41) is 19.8. The zero-order chi connectivity index (χ0) is 18.0. The third-order valence-corrected chi connectivity index (χ3v) is 3.37. The summed E-state index contributed by atoms with van der Waals surface area (Å²) in [7, 11) is 0. The van der Waals surface area contributed by atoms with Gasteiger partial charge in [0.15, 0.2) is 11.8 Å². The second-order valence-corrected chi connectivity index (χ2v) is 7.80. The van der Waals surface area contributed by atoms with Gasteiger partial charge in [-0.1, -0.05) is 13.8 Å². The van der Waals surface area contributed by atoms with Gasteiger partial charge >= 0.3 is 5.97 Å². The van der Waals surface area contributed by atoms with Crippen LogP contribution in [0.5, 0.6) is 0 Å². The van der Waals surface area contributed by atoms with Gasteiger partial charge < -0.3 is 14.9 Å². The Hall–Kier alpha value is -1.69. The number of ether oxygens (including phenoxy) is 1. The van der Waals surface area contributed by atoms with E-state index in [0.29, 0.717) is 12.8 Å². The molecule has 1 aliphatic carbocycles. The van der Waals surface area contributed by atoms with E-state index >= 15 is 0 Å². The van der Waals surface area contributed by atoms with Crippen molar-refractivity contribution >= 4 is 18.0 Å². The van der Waals surface area contributed by atoms with Crippen LogP contribution >= 0.6 is 0 Å². The van der Waals surface area contributed by atoms with Gasteiger partial charge in [-0.25, -0.2) is 4.79 Å². The van der Waals surface area contributed by atoms with Crippen LogP contribution < -0.4 is 0 Å². The van der Waals surface area contributed by atoms with Crippen molar-refractivity contribution in [3.63, 3.8) is 0 Å². The molecule has 130 valence electrons. The number of ketones is 1. The molecule has 0 heterocycles. The van der Waals surface area contributed by atoms with Gasteiger partial charge in [-0.05, 0) is 33.1 Å². The maximum absolute atomic E-state index is 12.1. The Kier molecular flexibility index (Phi) is 5.74. The minimum atomic E-state index is -1.14. The van der Waals surface area contributed by atoms with Crippen LogP contribution in [0.2, 0.25) is 0 Å². The third kappa shape index (κ3) is 5.78. The fraction of sp³-hybridized carbons (Fsp3) is 0.706. The molecule has 0 saturated carbocycles. The molecule has 0 aliphatic heterocycles. The molecule has 0 aromatic heterocycles. The van der Waals surface area contributed by atoms with Crippen LogP contribution in [0.4, 0.5) is 0 Å². The summed E-state index contributed by atoms with van der Waals surface area (Å²) in [6.07, 6.45) is 0.767. The van der Waals surface area contributed by atoms with E-state index in [1.54, 1.807) is 20.8 Å². The number of carbonyl (C=O) groups excluding carboxylic acids is 2. The number of allylic oxidation sites excluding steroid dienone is 2. The lowest BCUT2D eigenvalue weighted by Crippen LogP contribution is -2.37. The number of aliphatic hydroxyl groups is 2. The Morgan fingerprint density at radius 1 is 1.35 bits per heavy atom. The summed E-state index contributed by atoms with van der Waals surface area (Å²) >= 11 is 0. The van der Waals surface area contributed by atoms with Crippen LogP contribution in [0.15, 0.2) is 16.3 Å². The minimum Gasteiger partial charge on any atom is -0.511 e. The highest BCUT2D eigenvalue weighted by Gasteiger charge is 2.33. The number of hydrogen-bond acceptors (Lipinski definition) is 6. The summed E-state index contributed by atoms with van der Waals surface area (Å²) in [5.74, 6) is -0.938. The number of aliphatic hydroxyl groups excluding tert-OH is 2. The minimum absolute atomic E-state index is 0.0384. The molecular formula is C17H27NO5. The summed E-state index contributed by atoms with van der Waals surface area (Å²) < 4.78 is 5.21. The van der Waals surface area contributed by atoms with Crippen LogP contribution in [0, 0.1) is 5.41 Å². The quantitative estimate of drug-likeness (QED) is 0.611. The Bertz CT molecular complexity index is 538. The van der Waals surface area contributed by atoms with Crippen molar-refractivity contribution in [2.24, 2.45) is 10.4 Å². The van der Waals surface area contributed by atoms with E-state index in [2.05, 4.69) is 4.99 Å². The van der Waals surface area contributed by atoms with E-state index in [-0.39, 0.29) is 22.5 Å². The van der Waals surface area contributed by atoms with Crippen molar-refractivity contribution in [3.8, 4) is 0 Å². The van der Waals surface area contributed by atoms with E-state index in [1.807, 2.05) is 13.8 Å². The van der Waals surface area contributed by atoms with Crippen LogP contribution in [0.25, 0.3) is 0 Å². The van der Waals surface area contributed by atoms with Gasteiger partial charge in [0, 0.05) is 19.1 Å². The first-order valence-electron chi connectivity index (χ1n) is 7.72. The molecule has 6 nitrogen and oxygen atoms in total. The van der Waals surface area contributed by atoms with Crippen LogP contribution in [-0.2, 0) is 14.3 Å². The molecule has 6 heteroatoms. The Labute approximate surface area is 137 Å². The van der Waals surface area contributed by atoms with Gasteiger partial charge in [0.2, 0.25) is 0 Å². The van der Waals surface area contributed by atoms with E-state index in [9.17, 15) is 19.8 Å². The van der Waals surface area contributed by atoms with Crippen molar-refractivity contribution in [2.75, 3.05) is 0 Å². The maximum atomic E-state index is 12.1. The second-order valence-electron chi connectivity index (χ2n) is 7.80. The van der Waals surface area contributed by atoms with E-state index in [1.165, 1.54) is 13.1 Å². The zero-order valence-electron chi connectivity index (χ0n) is 14.7. The molecule has 0 saturated heterocycles. The average molecular weight is 325 g/mol. The number of Topliss-reactive ketones (excluding diaryl/α,β-unsaturated/α-hetero) is 1. The number of aliphatic imine (C=N–C) groups is 1. The lowest BCUT2D eigenvalue weighted by molar-refractivity contribution is -0.158. The SMILES string of the molecule is C[C@@H](O)[C@H](N=CC1=C(O)CC(C)(C)CC1=O)C(=O)OC(C)(C)C. The molecule has 0 spiro atoms. The number of nitrogens with zero attached hydrogens (tertiary/aromatic N) is 1. The Balaban J connectivity index is 2.99. The van der Waals surface area contributed by atoms with E-state index in [4.69, 9.17) is 4.74 Å². The summed E-state index contributed by atoms with van der Waals surface area (Å²) in [6.45, 7) is 10.4. The fourth-order valence-electron chi connectivity index (χ4n) is 2.35. The molecule has 1 aliphatic rings. The molecule has 0 bridgehead atoms. The Morgan fingerprint density at radius 2 is 1.91 bits per heavy atom. The number of carbonyl (C=O) groups is 2. The molecular weight excluding hydrogens is 298 g/mol. The van der Waals surface area contributed by atoms with Gasteiger partial charge in [0.25, 0.3) is 0 Å². The van der Waals surface area contributed by atoms with Crippen molar-refractivity contribution < 1.29 is 24.5 Å². The highest BCUT2D eigenvalue weighted by atomic mass is 16.6. The zero-order valence-corrected chi connectivity index (χ0v) is 14.7. The summed E-state index contributed by atoms with van der Waals surface area (Å²) in [5.41, 5.74) is -0.905. The summed E-state index contributed by atoms with van der Waals surface area (Å²) in [4.78, 5) is 28.2. The molecule has 0 aromatic rings. The topological polar surface area (TPSA) is 96.2 Å². The van der Waals surface area contributed by atoms with Crippen LogP contribution in [0.3, 0.4) is 0 Å².